The third kappa shape index (κ3) is 4.69. The average Bonchev–Trinajstić information content (AvgIpc) is 3.04. The summed E-state index contributed by atoms with van der Waals surface area (Å²) < 4.78 is 0. The van der Waals surface area contributed by atoms with E-state index in [1.54, 1.807) is 42.3 Å². The number of fused-ring (bicyclic) bond motifs is 1. The molecule has 0 aliphatic carbocycles. The summed E-state index contributed by atoms with van der Waals surface area (Å²) in [5, 5.41) is 10.5. The molecule has 1 aliphatic rings. The van der Waals surface area contributed by atoms with Crippen molar-refractivity contribution >= 4 is 17.5 Å². The van der Waals surface area contributed by atoms with Gasteiger partial charge in [-0.3, -0.25) is 9.59 Å². The first-order chi connectivity index (χ1) is 16.2. The zero-order valence-corrected chi connectivity index (χ0v) is 20.3. The minimum atomic E-state index is -0.173. The molecule has 4 rings (SSSR count). The normalized spacial score (nSPS) is 15.9. The number of hydrogen-bond acceptors (Lipinski definition) is 3. The van der Waals surface area contributed by atoms with Crippen molar-refractivity contribution in [3.8, 4) is 5.75 Å². The summed E-state index contributed by atoms with van der Waals surface area (Å²) in [6, 6.07) is 21.9. The highest BCUT2D eigenvalue weighted by Gasteiger charge is 2.36. The smallest absolute Gasteiger partial charge is 0.258 e. The summed E-state index contributed by atoms with van der Waals surface area (Å²) in [7, 11) is 1.75. The molecule has 0 radical (unpaired) electrons. The second kappa shape index (κ2) is 9.34. The van der Waals surface area contributed by atoms with E-state index in [1.807, 2.05) is 47.4 Å². The fourth-order valence-corrected chi connectivity index (χ4v) is 4.69. The van der Waals surface area contributed by atoms with Crippen LogP contribution in [0.4, 0.5) is 5.69 Å². The van der Waals surface area contributed by atoms with Gasteiger partial charge in [0.25, 0.3) is 11.8 Å². The van der Waals surface area contributed by atoms with E-state index in [0.29, 0.717) is 36.3 Å². The lowest BCUT2D eigenvalue weighted by Crippen LogP contribution is -2.48. The molecule has 176 valence electrons. The summed E-state index contributed by atoms with van der Waals surface area (Å²) in [5.74, 6) is 0.118. The maximum atomic E-state index is 13.7. The Bertz CT molecular complexity index is 1180. The van der Waals surface area contributed by atoms with E-state index < -0.39 is 0 Å². The van der Waals surface area contributed by atoms with Crippen LogP contribution in [0.1, 0.15) is 52.6 Å². The predicted octanol–water partition coefficient (Wildman–Crippen LogP) is 5.32. The molecule has 0 saturated carbocycles. The van der Waals surface area contributed by atoms with Crippen LogP contribution in [-0.2, 0) is 12.8 Å². The van der Waals surface area contributed by atoms with Crippen molar-refractivity contribution in [2.45, 2.75) is 39.7 Å². The maximum absolute atomic E-state index is 13.7. The molecule has 5 heteroatoms. The highest BCUT2D eigenvalue weighted by Crippen LogP contribution is 2.35. The first-order valence-corrected chi connectivity index (χ1v) is 11.7. The number of carbonyl (C=O) groups excluding carboxylic acids is 2. The van der Waals surface area contributed by atoms with E-state index in [9.17, 15) is 14.7 Å². The number of aromatic hydroxyl groups is 1. The van der Waals surface area contributed by atoms with Crippen molar-refractivity contribution in [2.24, 2.45) is 5.41 Å². The molecule has 3 aromatic carbocycles. The minimum Gasteiger partial charge on any atom is -0.508 e. The Kier molecular flexibility index (Phi) is 6.47. The lowest BCUT2D eigenvalue weighted by molar-refractivity contribution is 0.0531. The molecule has 0 saturated heterocycles. The zero-order valence-electron chi connectivity index (χ0n) is 20.3. The average molecular weight is 457 g/mol. The van der Waals surface area contributed by atoms with Crippen molar-refractivity contribution < 1.29 is 14.7 Å². The Hall–Kier alpha value is -3.60. The molecule has 1 N–H and O–H groups in total. The van der Waals surface area contributed by atoms with Gasteiger partial charge in [-0.25, -0.2) is 0 Å². The van der Waals surface area contributed by atoms with Gasteiger partial charge >= 0.3 is 0 Å². The Morgan fingerprint density at radius 2 is 1.56 bits per heavy atom. The molecule has 0 fully saturated rings. The maximum Gasteiger partial charge on any atom is 0.258 e. The molecular formula is C29H32N2O3. The molecule has 0 aromatic heterocycles. The largest absolute Gasteiger partial charge is 0.508 e. The van der Waals surface area contributed by atoms with E-state index >= 15 is 0 Å². The topological polar surface area (TPSA) is 60.9 Å². The minimum absolute atomic E-state index is 0.0531. The van der Waals surface area contributed by atoms with Gasteiger partial charge in [0.05, 0.1) is 0 Å². The summed E-state index contributed by atoms with van der Waals surface area (Å²) >= 11 is 0. The second-order valence-corrected chi connectivity index (χ2v) is 10.0. The molecule has 5 nitrogen and oxygen atoms in total. The van der Waals surface area contributed by atoms with Crippen molar-refractivity contribution in [2.75, 3.05) is 18.5 Å². The molecule has 2 amide bonds. The highest BCUT2D eigenvalue weighted by molar-refractivity contribution is 6.06. The van der Waals surface area contributed by atoms with Gasteiger partial charge in [0.2, 0.25) is 0 Å². The van der Waals surface area contributed by atoms with Crippen LogP contribution in [0.5, 0.6) is 5.75 Å². The number of phenols is 1. The zero-order chi connectivity index (χ0) is 24.5. The van der Waals surface area contributed by atoms with Gasteiger partial charge in [-0.1, -0.05) is 51.1 Å². The van der Waals surface area contributed by atoms with Crippen LogP contribution in [0.15, 0.2) is 72.8 Å². The summed E-state index contributed by atoms with van der Waals surface area (Å²) in [5.41, 5.74) is 3.75. The Balaban J connectivity index is 1.58. The number of anilines is 1. The van der Waals surface area contributed by atoms with Gasteiger partial charge < -0.3 is 14.9 Å². The summed E-state index contributed by atoms with van der Waals surface area (Å²) in [4.78, 5) is 30.1. The van der Waals surface area contributed by atoms with Gasteiger partial charge in [0.15, 0.2) is 0 Å². The van der Waals surface area contributed by atoms with Gasteiger partial charge in [0.1, 0.15) is 5.75 Å². The van der Waals surface area contributed by atoms with Crippen molar-refractivity contribution in [1.82, 2.24) is 4.90 Å². The number of phenolic OH excluding ortho intramolecular Hbond substituents is 1. The van der Waals surface area contributed by atoms with E-state index in [1.165, 1.54) is 0 Å². The van der Waals surface area contributed by atoms with Crippen LogP contribution < -0.4 is 4.90 Å². The van der Waals surface area contributed by atoms with E-state index in [4.69, 9.17) is 0 Å². The number of rotatable bonds is 3. The summed E-state index contributed by atoms with van der Waals surface area (Å²) in [6.07, 6.45) is 1.30. The van der Waals surface area contributed by atoms with E-state index in [-0.39, 0.29) is 23.3 Å². The van der Waals surface area contributed by atoms with Crippen LogP contribution in [-0.4, -0.2) is 41.5 Å². The third-order valence-corrected chi connectivity index (χ3v) is 6.73. The molecule has 1 unspecified atom stereocenters. The monoisotopic (exact) mass is 456 g/mol. The van der Waals surface area contributed by atoms with Gasteiger partial charge in [0, 0.05) is 36.4 Å². The standard InChI is InChI=1S/C29H32N2O3/c1-29(2,3)26-19-24-20(9-8-12-25(24)32)17-18-31(26)28(34)22-15-13-21(14-16-22)27(33)30(4)23-10-6-5-7-11-23/h5-16,26,32H,17-19H2,1-4H3. The van der Waals surface area contributed by atoms with Gasteiger partial charge in [-0.05, 0) is 71.8 Å². The van der Waals surface area contributed by atoms with Crippen molar-refractivity contribution in [1.29, 1.82) is 0 Å². The number of hydrogen-bond donors (Lipinski definition) is 1. The van der Waals surface area contributed by atoms with Crippen LogP contribution >= 0.6 is 0 Å². The van der Waals surface area contributed by atoms with E-state index in [0.717, 1.165) is 16.8 Å². The summed E-state index contributed by atoms with van der Waals surface area (Å²) in [6.45, 7) is 6.97. The second-order valence-electron chi connectivity index (χ2n) is 10.0. The third-order valence-electron chi connectivity index (χ3n) is 6.73. The predicted molar refractivity (Wildman–Crippen MR) is 135 cm³/mol. The molecule has 1 atom stereocenters. The fraction of sp³-hybridized carbons (Fsp3) is 0.310. The number of amides is 2. The van der Waals surface area contributed by atoms with Crippen LogP contribution in [0.3, 0.4) is 0 Å². The van der Waals surface area contributed by atoms with Gasteiger partial charge in [-0.15, -0.1) is 0 Å². The molecule has 3 aromatic rings. The van der Waals surface area contributed by atoms with E-state index in [2.05, 4.69) is 20.8 Å². The van der Waals surface area contributed by atoms with Gasteiger partial charge in [-0.2, -0.15) is 0 Å². The molecule has 1 aliphatic heterocycles. The number of nitrogens with zero attached hydrogens (tertiary/aromatic N) is 2. The number of benzene rings is 3. The Morgan fingerprint density at radius 1 is 0.912 bits per heavy atom. The first kappa shape index (κ1) is 23.6. The molecule has 1 heterocycles. The molecule has 34 heavy (non-hydrogen) atoms. The number of carbonyl (C=O) groups is 2. The lowest BCUT2D eigenvalue weighted by Gasteiger charge is -2.39. The Labute approximate surface area is 201 Å². The molecular weight excluding hydrogens is 424 g/mol. The SMILES string of the molecule is CN(C(=O)c1ccc(C(=O)N2CCc3cccc(O)c3CC2C(C)(C)C)cc1)c1ccccc1. The molecule has 0 bridgehead atoms. The first-order valence-electron chi connectivity index (χ1n) is 11.7. The lowest BCUT2D eigenvalue weighted by atomic mass is 9.81. The van der Waals surface area contributed by atoms with Crippen molar-refractivity contribution in [3.63, 3.8) is 0 Å². The number of para-hydroxylation sites is 1. The Morgan fingerprint density at radius 3 is 2.21 bits per heavy atom. The van der Waals surface area contributed by atoms with Crippen LogP contribution in [0, 0.1) is 5.41 Å². The van der Waals surface area contributed by atoms with Crippen molar-refractivity contribution in [3.05, 3.63) is 95.1 Å². The van der Waals surface area contributed by atoms with Crippen LogP contribution in [0.25, 0.3) is 0 Å². The van der Waals surface area contributed by atoms with Crippen LogP contribution in [0.2, 0.25) is 0 Å². The molecule has 0 spiro atoms. The fourth-order valence-electron chi connectivity index (χ4n) is 4.69. The highest BCUT2D eigenvalue weighted by atomic mass is 16.3. The quantitative estimate of drug-likeness (QED) is 0.580.